The van der Waals surface area contributed by atoms with E-state index in [1.165, 1.54) is 18.2 Å². The predicted octanol–water partition coefficient (Wildman–Crippen LogP) is 4.26. The molecule has 0 amide bonds. The van der Waals surface area contributed by atoms with Gasteiger partial charge in [0.2, 0.25) is 0 Å². The van der Waals surface area contributed by atoms with Crippen molar-refractivity contribution < 1.29 is 22.3 Å². The molecule has 0 atom stereocenters. The van der Waals surface area contributed by atoms with Crippen LogP contribution in [0.5, 0.6) is 5.75 Å². The van der Waals surface area contributed by atoms with Gasteiger partial charge in [0.15, 0.2) is 0 Å². The predicted molar refractivity (Wildman–Crippen MR) is 63.2 cm³/mol. The van der Waals surface area contributed by atoms with Crippen molar-refractivity contribution in [1.82, 2.24) is 0 Å². The van der Waals surface area contributed by atoms with Crippen LogP contribution in [0.1, 0.15) is 5.56 Å². The van der Waals surface area contributed by atoms with E-state index < -0.39 is 17.9 Å². The Bertz CT molecular complexity index is 674. The van der Waals surface area contributed by atoms with Gasteiger partial charge in [-0.05, 0) is 35.9 Å². The highest BCUT2D eigenvalue weighted by atomic mass is 19.4. The number of ether oxygens (including phenoxy) is 1. The van der Waals surface area contributed by atoms with E-state index in [4.69, 9.17) is 5.26 Å². The minimum absolute atomic E-state index is 0.163. The zero-order chi connectivity index (χ0) is 14.8. The third-order valence-corrected chi connectivity index (χ3v) is 2.48. The van der Waals surface area contributed by atoms with E-state index in [1.54, 1.807) is 0 Å². The van der Waals surface area contributed by atoms with E-state index in [0.717, 1.165) is 24.3 Å². The molecule has 102 valence electrons. The molecule has 0 unspecified atom stereocenters. The third kappa shape index (κ3) is 3.26. The molecule has 0 heterocycles. The summed E-state index contributed by atoms with van der Waals surface area (Å²) in [5, 5.41) is 8.94. The molecular formula is C14H7F4NO. The van der Waals surface area contributed by atoms with Crippen molar-refractivity contribution in [3.63, 3.8) is 0 Å². The van der Waals surface area contributed by atoms with Crippen LogP contribution in [-0.4, -0.2) is 6.36 Å². The Kier molecular flexibility index (Phi) is 3.61. The molecule has 0 saturated heterocycles. The van der Waals surface area contributed by atoms with Crippen LogP contribution in [-0.2, 0) is 0 Å². The maximum atomic E-state index is 13.2. The Labute approximate surface area is 111 Å². The Morgan fingerprint density at radius 1 is 1.05 bits per heavy atom. The van der Waals surface area contributed by atoms with E-state index in [1.807, 2.05) is 6.07 Å². The van der Waals surface area contributed by atoms with E-state index >= 15 is 0 Å². The molecule has 0 N–H and O–H groups in total. The first-order chi connectivity index (χ1) is 9.39. The second kappa shape index (κ2) is 5.21. The van der Waals surface area contributed by atoms with Gasteiger partial charge >= 0.3 is 6.36 Å². The van der Waals surface area contributed by atoms with E-state index in [9.17, 15) is 17.6 Å². The van der Waals surface area contributed by atoms with Crippen LogP contribution in [0.3, 0.4) is 0 Å². The number of alkyl halides is 3. The molecule has 0 radical (unpaired) electrons. The molecular weight excluding hydrogens is 274 g/mol. The molecule has 0 fully saturated rings. The van der Waals surface area contributed by atoms with Crippen LogP contribution in [0.25, 0.3) is 11.1 Å². The minimum Gasteiger partial charge on any atom is -0.406 e. The Hall–Kier alpha value is -2.55. The lowest BCUT2D eigenvalue weighted by Gasteiger charge is -2.10. The highest BCUT2D eigenvalue weighted by Crippen LogP contribution is 2.30. The molecule has 0 saturated carbocycles. The van der Waals surface area contributed by atoms with Crippen molar-refractivity contribution in [2.24, 2.45) is 0 Å². The Morgan fingerprint density at radius 2 is 1.80 bits per heavy atom. The largest absolute Gasteiger partial charge is 0.573 e. The Morgan fingerprint density at radius 3 is 2.45 bits per heavy atom. The van der Waals surface area contributed by atoms with Gasteiger partial charge in [0.25, 0.3) is 0 Å². The van der Waals surface area contributed by atoms with Crippen LogP contribution in [0, 0.1) is 17.1 Å². The number of halogens is 4. The molecule has 2 aromatic carbocycles. The van der Waals surface area contributed by atoms with E-state index in [0.29, 0.717) is 0 Å². The second-order valence-corrected chi connectivity index (χ2v) is 3.88. The van der Waals surface area contributed by atoms with Crippen LogP contribution < -0.4 is 4.74 Å². The molecule has 2 nitrogen and oxygen atoms in total. The van der Waals surface area contributed by atoms with Crippen LogP contribution in [0.4, 0.5) is 17.6 Å². The van der Waals surface area contributed by atoms with Gasteiger partial charge in [-0.3, -0.25) is 0 Å². The summed E-state index contributed by atoms with van der Waals surface area (Å²) in [5.41, 5.74) is 0.637. The zero-order valence-electron chi connectivity index (χ0n) is 9.91. The first-order valence-corrected chi connectivity index (χ1v) is 5.45. The maximum absolute atomic E-state index is 13.2. The fourth-order valence-electron chi connectivity index (χ4n) is 1.71. The average Bonchev–Trinajstić information content (AvgIpc) is 2.37. The molecule has 20 heavy (non-hydrogen) atoms. The summed E-state index contributed by atoms with van der Waals surface area (Å²) >= 11 is 0. The molecule has 2 aromatic rings. The number of benzene rings is 2. The smallest absolute Gasteiger partial charge is 0.406 e. The number of nitrogens with zero attached hydrogens (tertiary/aromatic N) is 1. The number of rotatable bonds is 2. The van der Waals surface area contributed by atoms with E-state index in [2.05, 4.69) is 4.74 Å². The lowest BCUT2D eigenvalue weighted by atomic mass is 10.00. The van der Waals surface area contributed by atoms with Gasteiger partial charge in [-0.1, -0.05) is 12.1 Å². The number of hydrogen-bond acceptors (Lipinski definition) is 2. The SMILES string of the molecule is N#Cc1ccc(F)cc1-c1cccc(OC(F)(F)F)c1. The Balaban J connectivity index is 2.46. The quantitative estimate of drug-likeness (QED) is 0.770. The molecule has 0 aliphatic heterocycles. The van der Waals surface area contributed by atoms with Gasteiger partial charge in [-0.25, -0.2) is 4.39 Å². The molecule has 0 aliphatic carbocycles. The molecule has 0 aliphatic rings. The lowest BCUT2D eigenvalue weighted by molar-refractivity contribution is -0.274. The van der Waals surface area contributed by atoms with Crippen molar-refractivity contribution in [1.29, 1.82) is 5.26 Å². The lowest BCUT2D eigenvalue weighted by Crippen LogP contribution is -2.17. The van der Waals surface area contributed by atoms with Crippen LogP contribution >= 0.6 is 0 Å². The van der Waals surface area contributed by atoms with Gasteiger partial charge in [0, 0.05) is 5.56 Å². The fourth-order valence-corrected chi connectivity index (χ4v) is 1.71. The summed E-state index contributed by atoms with van der Waals surface area (Å²) in [4.78, 5) is 0. The van der Waals surface area contributed by atoms with Crippen molar-refractivity contribution in [2.75, 3.05) is 0 Å². The molecule has 6 heteroatoms. The van der Waals surface area contributed by atoms with Gasteiger partial charge in [-0.15, -0.1) is 13.2 Å². The topological polar surface area (TPSA) is 33.0 Å². The summed E-state index contributed by atoms with van der Waals surface area (Å²) in [7, 11) is 0. The summed E-state index contributed by atoms with van der Waals surface area (Å²) in [6.07, 6.45) is -4.81. The van der Waals surface area contributed by atoms with Gasteiger partial charge < -0.3 is 4.74 Å². The molecule has 0 bridgehead atoms. The highest BCUT2D eigenvalue weighted by Gasteiger charge is 2.31. The molecule has 2 rings (SSSR count). The third-order valence-electron chi connectivity index (χ3n) is 2.48. The van der Waals surface area contributed by atoms with Crippen LogP contribution in [0.15, 0.2) is 42.5 Å². The maximum Gasteiger partial charge on any atom is 0.573 e. The van der Waals surface area contributed by atoms with Crippen LogP contribution in [0.2, 0.25) is 0 Å². The fraction of sp³-hybridized carbons (Fsp3) is 0.0714. The monoisotopic (exact) mass is 281 g/mol. The van der Waals surface area contributed by atoms with Gasteiger partial charge in [0.05, 0.1) is 11.6 Å². The highest BCUT2D eigenvalue weighted by molar-refractivity contribution is 5.71. The average molecular weight is 281 g/mol. The van der Waals surface area contributed by atoms with Crippen molar-refractivity contribution >= 4 is 0 Å². The summed E-state index contributed by atoms with van der Waals surface area (Å²) < 4.78 is 53.5. The first kappa shape index (κ1) is 13.9. The number of nitriles is 1. The standard InChI is InChI=1S/C14H7F4NO/c15-11-5-4-10(8-19)13(7-11)9-2-1-3-12(6-9)20-14(16,17)18/h1-7H. The number of hydrogen-bond donors (Lipinski definition) is 0. The zero-order valence-corrected chi connectivity index (χ0v) is 9.91. The van der Waals surface area contributed by atoms with Crippen molar-refractivity contribution in [3.05, 3.63) is 53.8 Å². The van der Waals surface area contributed by atoms with Gasteiger partial charge in [0.1, 0.15) is 11.6 Å². The molecule has 0 aromatic heterocycles. The summed E-state index contributed by atoms with van der Waals surface area (Å²) in [6, 6.07) is 10.4. The summed E-state index contributed by atoms with van der Waals surface area (Å²) in [5.74, 6) is -1.01. The molecule has 0 spiro atoms. The van der Waals surface area contributed by atoms with E-state index in [-0.39, 0.29) is 16.7 Å². The minimum atomic E-state index is -4.81. The van der Waals surface area contributed by atoms with Gasteiger partial charge in [-0.2, -0.15) is 5.26 Å². The second-order valence-electron chi connectivity index (χ2n) is 3.88. The van der Waals surface area contributed by atoms with Crippen molar-refractivity contribution in [3.8, 4) is 22.9 Å². The first-order valence-electron chi connectivity index (χ1n) is 5.45. The van der Waals surface area contributed by atoms with Crippen molar-refractivity contribution in [2.45, 2.75) is 6.36 Å². The normalized spacial score (nSPS) is 10.9. The summed E-state index contributed by atoms with van der Waals surface area (Å²) in [6.45, 7) is 0.